The van der Waals surface area contributed by atoms with Gasteiger partial charge in [-0.3, -0.25) is 9.59 Å². The topological polar surface area (TPSA) is 49.4 Å². The van der Waals surface area contributed by atoms with Crippen molar-refractivity contribution >= 4 is 33.4 Å². The summed E-state index contributed by atoms with van der Waals surface area (Å²) < 4.78 is 0.958. The second-order valence-corrected chi connectivity index (χ2v) is 6.78. The Morgan fingerprint density at radius 3 is 2.38 bits per heavy atom. The first-order chi connectivity index (χ1) is 11.4. The largest absolute Gasteiger partial charge is 0.328 e. The number of rotatable bonds is 4. The fourth-order valence-electron chi connectivity index (χ4n) is 2.31. The Balaban J connectivity index is 2.10. The third-order valence-corrected chi connectivity index (χ3v) is 4.58. The molecule has 0 spiro atoms. The molecule has 0 unspecified atom stereocenters. The molecule has 0 aliphatic carbocycles. The number of hydrogen-bond acceptors (Lipinski definition) is 2. The quantitative estimate of drug-likeness (QED) is 0.800. The van der Waals surface area contributed by atoms with Gasteiger partial charge in [0.15, 0.2) is 0 Å². The Kier molecular flexibility index (Phi) is 6.15. The molecule has 0 fully saturated rings. The number of nitrogens with one attached hydrogen (secondary N) is 1. The number of halogens is 1. The molecule has 126 valence electrons. The van der Waals surface area contributed by atoms with Gasteiger partial charge in [-0.15, -0.1) is 0 Å². The highest BCUT2D eigenvalue weighted by atomic mass is 79.9. The molecule has 4 nitrogen and oxygen atoms in total. The van der Waals surface area contributed by atoms with Gasteiger partial charge in [-0.2, -0.15) is 0 Å². The van der Waals surface area contributed by atoms with Crippen molar-refractivity contribution in [2.45, 2.75) is 33.4 Å². The number of anilines is 1. The van der Waals surface area contributed by atoms with Crippen LogP contribution >= 0.6 is 15.9 Å². The lowest BCUT2D eigenvalue weighted by Gasteiger charge is -2.26. The SMILES string of the molecule is Cc1cc(NC(=O)C(=O)N(Cc2ccccc2)C(C)C)ccc1Br. The lowest BCUT2D eigenvalue weighted by Crippen LogP contribution is -2.43. The molecule has 1 N–H and O–H groups in total. The fourth-order valence-corrected chi connectivity index (χ4v) is 2.55. The first-order valence-electron chi connectivity index (χ1n) is 7.80. The second-order valence-electron chi connectivity index (χ2n) is 5.93. The highest BCUT2D eigenvalue weighted by Crippen LogP contribution is 2.20. The maximum atomic E-state index is 12.5. The van der Waals surface area contributed by atoms with Crippen LogP contribution in [-0.2, 0) is 16.1 Å². The van der Waals surface area contributed by atoms with Crippen molar-refractivity contribution in [2.24, 2.45) is 0 Å². The second kappa shape index (κ2) is 8.11. The van der Waals surface area contributed by atoms with Gasteiger partial charge in [-0.25, -0.2) is 0 Å². The van der Waals surface area contributed by atoms with Crippen molar-refractivity contribution in [1.29, 1.82) is 0 Å². The van der Waals surface area contributed by atoms with Gasteiger partial charge in [0, 0.05) is 22.7 Å². The monoisotopic (exact) mass is 388 g/mol. The molecule has 0 saturated carbocycles. The maximum Gasteiger partial charge on any atom is 0.313 e. The van der Waals surface area contributed by atoms with Crippen LogP contribution in [0.4, 0.5) is 5.69 Å². The van der Waals surface area contributed by atoms with Gasteiger partial charge >= 0.3 is 11.8 Å². The van der Waals surface area contributed by atoms with Crippen LogP contribution in [0.25, 0.3) is 0 Å². The van der Waals surface area contributed by atoms with Crippen molar-refractivity contribution < 1.29 is 9.59 Å². The Hall–Kier alpha value is -2.14. The molecule has 24 heavy (non-hydrogen) atoms. The molecule has 0 heterocycles. The minimum Gasteiger partial charge on any atom is -0.328 e. The van der Waals surface area contributed by atoms with Crippen LogP contribution in [-0.4, -0.2) is 22.8 Å². The first kappa shape index (κ1) is 18.2. The molecule has 0 atom stereocenters. The Labute approximate surface area is 151 Å². The minimum absolute atomic E-state index is 0.0740. The zero-order chi connectivity index (χ0) is 17.7. The van der Waals surface area contributed by atoms with Gasteiger partial charge in [0.25, 0.3) is 0 Å². The summed E-state index contributed by atoms with van der Waals surface area (Å²) in [6.45, 7) is 6.14. The third-order valence-electron chi connectivity index (χ3n) is 3.69. The fraction of sp³-hybridized carbons (Fsp3) is 0.263. The van der Waals surface area contributed by atoms with Gasteiger partial charge in [0.2, 0.25) is 0 Å². The number of benzene rings is 2. The summed E-state index contributed by atoms with van der Waals surface area (Å²) in [4.78, 5) is 26.4. The predicted molar refractivity (Wildman–Crippen MR) is 99.6 cm³/mol. The summed E-state index contributed by atoms with van der Waals surface area (Å²) in [6.07, 6.45) is 0. The molecule has 0 aliphatic heterocycles. The molecular formula is C19H21BrN2O2. The molecule has 2 aromatic rings. The molecule has 2 amide bonds. The van der Waals surface area contributed by atoms with Crippen LogP contribution in [0.15, 0.2) is 53.0 Å². The molecule has 5 heteroatoms. The average Bonchev–Trinajstić information content (AvgIpc) is 2.56. The molecule has 0 saturated heterocycles. The van der Waals surface area contributed by atoms with Crippen LogP contribution in [0, 0.1) is 6.92 Å². The van der Waals surface area contributed by atoms with E-state index in [-0.39, 0.29) is 6.04 Å². The smallest absolute Gasteiger partial charge is 0.313 e. The number of aryl methyl sites for hydroxylation is 1. The molecule has 0 aliphatic rings. The standard InChI is InChI=1S/C19H21BrN2O2/c1-13(2)22(12-15-7-5-4-6-8-15)19(24)18(23)21-16-9-10-17(20)14(3)11-16/h4-11,13H,12H2,1-3H3,(H,21,23). The van der Waals surface area contributed by atoms with Crippen LogP contribution in [0.2, 0.25) is 0 Å². The van der Waals surface area contributed by atoms with E-state index in [0.717, 1.165) is 15.6 Å². The van der Waals surface area contributed by atoms with Gasteiger partial charge in [0.05, 0.1) is 0 Å². The van der Waals surface area contributed by atoms with E-state index in [4.69, 9.17) is 0 Å². The maximum absolute atomic E-state index is 12.5. The van der Waals surface area contributed by atoms with E-state index in [1.165, 1.54) is 0 Å². The average molecular weight is 389 g/mol. The number of carbonyl (C=O) groups excluding carboxylic acids is 2. The lowest BCUT2D eigenvalue weighted by molar-refractivity contribution is -0.144. The number of hydrogen-bond donors (Lipinski definition) is 1. The van der Waals surface area contributed by atoms with Gasteiger partial charge in [-0.1, -0.05) is 46.3 Å². The number of amides is 2. The zero-order valence-corrected chi connectivity index (χ0v) is 15.6. The predicted octanol–water partition coefficient (Wildman–Crippen LogP) is 4.13. The van der Waals surface area contributed by atoms with Crippen molar-refractivity contribution in [2.75, 3.05) is 5.32 Å². The summed E-state index contributed by atoms with van der Waals surface area (Å²) >= 11 is 3.42. The molecule has 0 bridgehead atoms. The Morgan fingerprint density at radius 2 is 1.79 bits per heavy atom. The van der Waals surface area contributed by atoms with Crippen LogP contribution in [0.1, 0.15) is 25.0 Å². The van der Waals surface area contributed by atoms with E-state index < -0.39 is 11.8 Å². The van der Waals surface area contributed by atoms with Crippen LogP contribution < -0.4 is 5.32 Å². The van der Waals surface area contributed by atoms with E-state index in [9.17, 15) is 9.59 Å². The van der Waals surface area contributed by atoms with E-state index in [0.29, 0.717) is 12.2 Å². The van der Waals surface area contributed by atoms with E-state index in [2.05, 4.69) is 21.2 Å². The summed E-state index contributed by atoms with van der Waals surface area (Å²) in [6, 6.07) is 15.0. The van der Waals surface area contributed by atoms with Gasteiger partial charge in [0.1, 0.15) is 0 Å². The lowest BCUT2D eigenvalue weighted by atomic mass is 10.2. The normalized spacial score (nSPS) is 10.5. The number of nitrogens with zero attached hydrogens (tertiary/aromatic N) is 1. The van der Waals surface area contributed by atoms with Crippen LogP contribution in [0.5, 0.6) is 0 Å². The van der Waals surface area contributed by atoms with E-state index in [1.54, 1.807) is 11.0 Å². The molecule has 2 aromatic carbocycles. The van der Waals surface area contributed by atoms with Gasteiger partial charge in [-0.05, 0) is 50.1 Å². The van der Waals surface area contributed by atoms with Crippen molar-refractivity contribution in [3.63, 3.8) is 0 Å². The summed E-state index contributed by atoms with van der Waals surface area (Å²) in [7, 11) is 0. The van der Waals surface area contributed by atoms with E-state index in [1.807, 2.05) is 63.2 Å². The van der Waals surface area contributed by atoms with Crippen molar-refractivity contribution in [1.82, 2.24) is 4.90 Å². The minimum atomic E-state index is -0.624. The molecule has 0 radical (unpaired) electrons. The molecule has 2 rings (SSSR count). The zero-order valence-electron chi connectivity index (χ0n) is 14.0. The summed E-state index contributed by atoms with van der Waals surface area (Å²) in [5, 5.41) is 2.68. The Bertz CT molecular complexity index is 729. The molecule has 0 aromatic heterocycles. The van der Waals surface area contributed by atoms with Crippen molar-refractivity contribution in [3.05, 3.63) is 64.1 Å². The highest BCUT2D eigenvalue weighted by Gasteiger charge is 2.24. The number of carbonyl (C=O) groups is 2. The first-order valence-corrected chi connectivity index (χ1v) is 8.60. The van der Waals surface area contributed by atoms with Gasteiger partial charge < -0.3 is 10.2 Å². The summed E-state index contributed by atoms with van der Waals surface area (Å²) in [5.41, 5.74) is 2.59. The van der Waals surface area contributed by atoms with Crippen molar-refractivity contribution in [3.8, 4) is 0 Å². The summed E-state index contributed by atoms with van der Waals surface area (Å²) in [5.74, 6) is -1.16. The van der Waals surface area contributed by atoms with E-state index >= 15 is 0 Å². The Morgan fingerprint density at radius 1 is 1.12 bits per heavy atom. The van der Waals surface area contributed by atoms with Crippen LogP contribution in [0.3, 0.4) is 0 Å². The highest BCUT2D eigenvalue weighted by molar-refractivity contribution is 9.10. The third kappa shape index (κ3) is 4.68. The molecular weight excluding hydrogens is 368 g/mol.